The standard InChI is InChI=1S/C20H22F3N5O.C14H19F3N2O/c21-20(22,23)29-15-3-1-14(2-4-15)11-19(12-24)6-9-28(10-7-19)18-16-5-8-25-17(16)26-13-27-18;15-14(16,17)20-12-3-1-11(2-4-12)9-13(10-18)5-7-19-8-6-13/h1-5,8,13H,6-7,9-12,24H2,(H,25,26,27);1-4,19H,5-10,18H2. The molecule has 2 saturated heterocycles. The topological polar surface area (TPSA) is 127 Å². The lowest BCUT2D eigenvalue weighted by Crippen LogP contribution is -2.45. The quantitative estimate of drug-likeness (QED) is 0.155. The third kappa shape index (κ3) is 9.98. The van der Waals surface area contributed by atoms with Gasteiger partial charge in [0.2, 0.25) is 0 Å². The van der Waals surface area contributed by atoms with Gasteiger partial charge in [-0.2, -0.15) is 0 Å². The number of alkyl halides is 6. The minimum Gasteiger partial charge on any atom is -0.406 e. The van der Waals surface area contributed by atoms with Crippen molar-refractivity contribution in [2.45, 2.75) is 51.2 Å². The number of nitrogens with zero attached hydrogens (tertiary/aromatic N) is 3. The number of piperidine rings is 2. The highest BCUT2D eigenvalue weighted by Gasteiger charge is 2.36. The number of rotatable bonds is 9. The Kier molecular flexibility index (Phi) is 11.2. The largest absolute Gasteiger partial charge is 0.573 e. The number of hydrogen-bond donors (Lipinski definition) is 4. The molecule has 4 aromatic rings. The molecule has 2 aliphatic heterocycles. The summed E-state index contributed by atoms with van der Waals surface area (Å²) in [5.74, 6) is 0.515. The van der Waals surface area contributed by atoms with Gasteiger partial charge >= 0.3 is 12.7 Å². The molecule has 2 fully saturated rings. The molecule has 266 valence electrons. The summed E-state index contributed by atoms with van der Waals surface area (Å²) >= 11 is 0. The van der Waals surface area contributed by atoms with E-state index in [1.165, 1.54) is 24.3 Å². The molecule has 0 amide bonds. The van der Waals surface area contributed by atoms with Gasteiger partial charge in [-0.15, -0.1) is 26.3 Å². The van der Waals surface area contributed by atoms with Crippen molar-refractivity contribution in [2.24, 2.45) is 22.3 Å². The van der Waals surface area contributed by atoms with Crippen LogP contribution in [0.5, 0.6) is 11.5 Å². The number of nitrogens with one attached hydrogen (secondary N) is 2. The Hall–Kier alpha value is -4.08. The molecule has 0 aliphatic carbocycles. The summed E-state index contributed by atoms with van der Waals surface area (Å²) in [7, 11) is 0. The summed E-state index contributed by atoms with van der Waals surface area (Å²) in [6.45, 7) is 4.60. The van der Waals surface area contributed by atoms with Crippen molar-refractivity contribution >= 4 is 16.9 Å². The smallest absolute Gasteiger partial charge is 0.406 e. The normalized spacial score (nSPS) is 17.7. The van der Waals surface area contributed by atoms with E-state index < -0.39 is 12.7 Å². The number of H-pyrrole nitrogens is 1. The molecule has 0 spiro atoms. The molecule has 6 N–H and O–H groups in total. The monoisotopic (exact) mass is 693 g/mol. The maximum Gasteiger partial charge on any atom is 0.573 e. The van der Waals surface area contributed by atoms with Crippen LogP contribution in [0.2, 0.25) is 0 Å². The van der Waals surface area contributed by atoms with Gasteiger partial charge in [-0.3, -0.25) is 0 Å². The van der Waals surface area contributed by atoms with Crippen LogP contribution >= 0.6 is 0 Å². The average Bonchev–Trinajstić information content (AvgIpc) is 3.56. The molecule has 6 rings (SSSR count). The van der Waals surface area contributed by atoms with E-state index in [1.54, 1.807) is 30.6 Å². The van der Waals surface area contributed by atoms with E-state index in [-0.39, 0.29) is 22.3 Å². The zero-order chi connectivity index (χ0) is 35.1. The number of ether oxygens (including phenoxy) is 2. The number of fused-ring (bicyclic) bond motifs is 1. The fraction of sp³-hybridized carbons (Fsp3) is 0.471. The second-order valence-electron chi connectivity index (χ2n) is 12.8. The maximum atomic E-state index is 12.3. The number of anilines is 1. The van der Waals surface area contributed by atoms with E-state index in [1.807, 2.05) is 12.3 Å². The first-order chi connectivity index (χ1) is 23.3. The molecule has 0 saturated carbocycles. The van der Waals surface area contributed by atoms with Crippen molar-refractivity contribution in [3.63, 3.8) is 0 Å². The van der Waals surface area contributed by atoms with Crippen molar-refractivity contribution in [1.29, 1.82) is 0 Å². The van der Waals surface area contributed by atoms with Gasteiger partial charge in [0.25, 0.3) is 0 Å². The van der Waals surface area contributed by atoms with E-state index in [4.69, 9.17) is 11.5 Å². The van der Waals surface area contributed by atoms with Crippen LogP contribution in [0.1, 0.15) is 36.8 Å². The summed E-state index contributed by atoms with van der Waals surface area (Å²) in [6, 6.07) is 14.1. The van der Waals surface area contributed by atoms with E-state index in [0.717, 1.165) is 86.3 Å². The number of benzene rings is 2. The highest BCUT2D eigenvalue weighted by atomic mass is 19.4. The van der Waals surface area contributed by atoms with Gasteiger partial charge in [-0.25, -0.2) is 9.97 Å². The van der Waals surface area contributed by atoms with E-state index in [9.17, 15) is 26.3 Å². The highest BCUT2D eigenvalue weighted by molar-refractivity contribution is 5.87. The highest BCUT2D eigenvalue weighted by Crippen LogP contribution is 2.37. The first-order valence-corrected chi connectivity index (χ1v) is 16.1. The lowest BCUT2D eigenvalue weighted by atomic mass is 9.74. The number of hydrogen-bond acceptors (Lipinski definition) is 8. The molecule has 0 bridgehead atoms. The third-order valence-electron chi connectivity index (χ3n) is 9.46. The number of aromatic amines is 1. The molecule has 49 heavy (non-hydrogen) atoms. The number of halogens is 6. The Morgan fingerprint density at radius 2 is 1.18 bits per heavy atom. The Labute approximate surface area is 280 Å². The van der Waals surface area contributed by atoms with Crippen LogP contribution in [0.15, 0.2) is 67.1 Å². The van der Waals surface area contributed by atoms with Crippen LogP contribution < -0.4 is 31.2 Å². The third-order valence-corrected chi connectivity index (χ3v) is 9.46. The molecule has 4 heterocycles. The van der Waals surface area contributed by atoms with Gasteiger partial charge in [0.05, 0.1) is 5.39 Å². The van der Waals surface area contributed by atoms with E-state index in [2.05, 4.69) is 34.6 Å². The van der Waals surface area contributed by atoms with E-state index in [0.29, 0.717) is 19.5 Å². The summed E-state index contributed by atoms with van der Waals surface area (Å²) < 4.78 is 81.0. The van der Waals surface area contributed by atoms with Gasteiger partial charge in [-0.05, 0) is 117 Å². The lowest BCUT2D eigenvalue weighted by molar-refractivity contribution is -0.275. The van der Waals surface area contributed by atoms with Crippen molar-refractivity contribution in [3.05, 3.63) is 78.2 Å². The molecule has 9 nitrogen and oxygen atoms in total. The predicted molar refractivity (Wildman–Crippen MR) is 174 cm³/mol. The summed E-state index contributed by atoms with van der Waals surface area (Å²) in [5.41, 5.74) is 14.8. The van der Waals surface area contributed by atoms with Gasteiger partial charge in [0.15, 0.2) is 0 Å². The average molecular weight is 694 g/mol. The van der Waals surface area contributed by atoms with Crippen LogP contribution in [0.25, 0.3) is 11.0 Å². The van der Waals surface area contributed by atoms with Crippen molar-refractivity contribution in [1.82, 2.24) is 20.3 Å². The Morgan fingerprint density at radius 3 is 1.65 bits per heavy atom. The number of aromatic nitrogens is 3. The van der Waals surface area contributed by atoms with Crippen molar-refractivity contribution < 1.29 is 35.8 Å². The maximum absolute atomic E-state index is 12.3. The van der Waals surface area contributed by atoms with E-state index >= 15 is 0 Å². The number of nitrogens with two attached hydrogens (primary N) is 2. The molecule has 2 aromatic carbocycles. The van der Waals surface area contributed by atoms with Crippen LogP contribution in [0.3, 0.4) is 0 Å². The fourth-order valence-corrected chi connectivity index (χ4v) is 6.65. The summed E-state index contributed by atoms with van der Waals surface area (Å²) in [4.78, 5) is 14.0. The van der Waals surface area contributed by atoms with Crippen molar-refractivity contribution in [2.75, 3.05) is 44.2 Å². The minimum absolute atomic E-state index is 0.0532. The molecule has 2 aromatic heterocycles. The summed E-state index contributed by atoms with van der Waals surface area (Å²) in [5, 5.41) is 4.29. The van der Waals surface area contributed by atoms with Gasteiger partial charge < -0.3 is 36.1 Å². The molecular weight excluding hydrogens is 652 g/mol. The van der Waals surface area contributed by atoms with Crippen LogP contribution in [-0.4, -0.2) is 66.9 Å². The van der Waals surface area contributed by atoms with Gasteiger partial charge in [0, 0.05) is 19.3 Å². The van der Waals surface area contributed by atoms with Crippen LogP contribution in [0.4, 0.5) is 32.2 Å². The van der Waals surface area contributed by atoms with Crippen LogP contribution in [0, 0.1) is 10.8 Å². The minimum atomic E-state index is -4.68. The van der Waals surface area contributed by atoms with Gasteiger partial charge in [0.1, 0.15) is 29.3 Å². The first-order valence-electron chi connectivity index (χ1n) is 16.1. The SMILES string of the molecule is NCC1(Cc2ccc(OC(F)(F)F)cc2)CCN(c2ncnc3[nH]ccc23)CC1.NCC1(Cc2ccc(OC(F)(F)F)cc2)CCNCC1. The summed E-state index contributed by atoms with van der Waals surface area (Å²) in [6.07, 6.45) is -0.681. The molecule has 0 atom stereocenters. The Balaban J connectivity index is 0.000000205. The molecule has 0 unspecified atom stereocenters. The fourth-order valence-electron chi connectivity index (χ4n) is 6.65. The molecule has 2 aliphatic rings. The Bertz CT molecular complexity index is 1610. The first kappa shape index (κ1) is 36.2. The zero-order valence-corrected chi connectivity index (χ0v) is 26.9. The van der Waals surface area contributed by atoms with Crippen LogP contribution in [-0.2, 0) is 12.8 Å². The molecule has 0 radical (unpaired) electrons. The van der Waals surface area contributed by atoms with Crippen molar-refractivity contribution in [3.8, 4) is 11.5 Å². The lowest BCUT2D eigenvalue weighted by Gasteiger charge is -2.42. The molecule has 15 heteroatoms. The Morgan fingerprint density at radius 1 is 0.694 bits per heavy atom. The second-order valence-corrected chi connectivity index (χ2v) is 12.8. The van der Waals surface area contributed by atoms with Gasteiger partial charge in [-0.1, -0.05) is 24.3 Å². The predicted octanol–water partition coefficient (Wildman–Crippen LogP) is 6.10. The molecular formula is C34H41F6N7O2. The zero-order valence-electron chi connectivity index (χ0n) is 26.9. The second kappa shape index (κ2) is 15.2.